The standard InChI is InChI=1S/C6H13NO4/c1-2-4(8)3(7)5(9)6(10)11-2/h2-6,8-10H,7H2,1H3/t2-,3+,4-,5-,6-/m0/s1. The van der Waals surface area contributed by atoms with Gasteiger partial charge in [-0.05, 0) is 6.92 Å². The molecule has 0 aliphatic carbocycles. The summed E-state index contributed by atoms with van der Waals surface area (Å²) in [7, 11) is 0. The number of ether oxygens (including phenoxy) is 1. The largest absolute Gasteiger partial charge is 0.389 e. The molecule has 1 fully saturated rings. The number of nitrogens with two attached hydrogens (primary N) is 1. The lowest BCUT2D eigenvalue weighted by atomic mass is 9.98. The van der Waals surface area contributed by atoms with Crippen LogP contribution in [-0.2, 0) is 4.74 Å². The third-order valence-corrected chi connectivity index (χ3v) is 1.92. The van der Waals surface area contributed by atoms with Gasteiger partial charge in [-0.25, -0.2) is 0 Å². The molecule has 66 valence electrons. The molecule has 0 amide bonds. The Bertz CT molecular complexity index is 129. The van der Waals surface area contributed by atoms with E-state index in [2.05, 4.69) is 0 Å². The molecule has 11 heavy (non-hydrogen) atoms. The number of hydrogen-bond acceptors (Lipinski definition) is 5. The van der Waals surface area contributed by atoms with E-state index in [1.54, 1.807) is 6.92 Å². The number of aliphatic hydroxyl groups is 3. The van der Waals surface area contributed by atoms with Crippen molar-refractivity contribution in [3.8, 4) is 0 Å². The van der Waals surface area contributed by atoms with Crippen molar-refractivity contribution in [1.29, 1.82) is 0 Å². The zero-order chi connectivity index (χ0) is 8.59. The fourth-order valence-corrected chi connectivity index (χ4v) is 1.09. The summed E-state index contributed by atoms with van der Waals surface area (Å²) in [5.41, 5.74) is 5.36. The van der Waals surface area contributed by atoms with Gasteiger partial charge in [0.2, 0.25) is 0 Å². The third kappa shape index (κ3) is 1.52. The van der Waals surface area contributed by atoms with Crippen molar-refractivity contribution in [1.82, 2.24) is 0 Å². The van der Waals surface area contributed by atoms with Crippen LogP contribution < -0.4 is 5.73 Å². The van der Waals surface area contributed by atoms with E-state index in [4.69, 9.17) is 20.7 Å². The minimum atomic E-state index is -1.29. The molecule has 1 rings (SSSR count). The SMILES string of the molecule is C[C@@H]1O[C@H](O)[C@@H](O)[C@H](N)[C@H]1O. The highest BCUT2D eigenvalue weighted by Gasteiger charge is 2.39. The normalized spacial score (nSPS) is 52.6. The fourth-order valence-electron chi connectivity index (χ4n) is 1.09. The molecule has 0 radical (unpaired) electrons. The Labute approximate surface area is 64.4 Å². The molecule has 0 aromatic heterocycles. The lowest BCUT2D eigenvalue weighted by Crippen LogP contribution is -2.60. The average Bonchev–Trinajstić information content (AvgIpc) is 1.97. The van der Waals surface area contributed by atoms with Gasteiger partial charge in [0.25, 0.3) is 0 Å². The topological polar surface area (TPSA) is 95.9 Å². The van der Waals surface area contributed by atoms with Crippen LogP contribution in [0, 0.1) is 0 Å². The summed E-state index contributed by atoms with van der Waals surface area (Å²) >= 11 is 0. The molecule has 0 saturated carbocycles. The first-order valence-electron chi connectivity index (χ1n) is 3.49. The van der Waals surface area contributed by atoms with Gasteiger partial charge in [-0.1, -0.05) is 0 Å². The highest BCUT2D eigenvalue weighted by molar-refractivity contribution is 4.89. The molecular weight excluding hydrogens is 150 g/mol. The second-order valence-corrected chi connectivity index (χ2v) is 2.79. The van der Waals surface area contributed by atoms with E-state index in [-0.39, 0.29) is 0 Å². The van der Waals surface area contributed by atoms with Crippen LogP contribution in [-0.4, -0.2) is 46.0 Å². The molecule has 1 heterocycles. The van der Waals surface area contributed by atoms with Crippen molar-refractivity contribution in [2.45, 2.75) is 37.6 Å². The van der Waals surface area contributed by atoms with E-state index in [1.165, 1.54) is 0 Å². The number of hydrogen-bond donors (Lipinski definition) is 4. The van der Waals surface area contributed by atoms with Crippen LogP contribution in [0.15, 0.2) is 0 Å². The van der Waals surface area contributed by atoms with Gasteiger partial charge >= 0.3 is 0 Å². The van der Waals surface area contributed by atoms with Crippen LogP contribution in [0.5, 0.6) is 0 Å². The molecule has 5 N–H and O–H groups in total. The molecule has 5 atom stereocenters. The Balaban J connectivity index is 2.63. The zero-order valence-electron chi connectivity index (χ0n) is 6.21. The minimum Gasteiger partial charge on any atom is -0.389 e. The van der Waals surface area contributed by atoms with E-state index >= 15 is 0 Å². The van der Waals surface area contributed by atoms with Crippen LogP contribution in [0.3, 0.4) is 0 Å². The molecule has 5 heteroatoms. The quantitative estimate of drug-likeness (QED) is 0.324. The Hall–Kier alpha value is -0.200. The molecular formula is C6H13NO4. The molecule has 0 bridgehead atoms. The summed E-state index contributed by atoms with van der Waals surface area (Å²) in [6.07, 6.45) is -3.96. The number of aliphatic hydroxyl groups excluding tert-OH is 3. The molecule has 0 spiro atoms. The van der Waals surface area contributed by atoms with Gasteiger partial charge < -0.3 is 25.8 Å². The van der Waals surface area contributed by atoms with Gasteiger partial charge in [0.15, 0.2) is 6.29 Å². The van der Waals surface area contributed by atoms with E-state index in [0.717, 1.165) is 0 Å². The van der Waals surface area contributed by atoms with Gasteiger partial charge in [0.1, 0.15) is 6.10 Å². The maximum Gasteiger partial charge on any atom is 0.182 e. The van der Waals surface area contributed by atoms with Crippen molar-refractivity contribution in [2.75, 3.05) is 0 Å². The lowest BCUT2D eigenvalue weighted by molar-refractivity contribution is -0.247. The minimum absolute atomic E-state index is 0.539. The second-order valence-electron chi connectivity index (χ2n) is 2.79. The van der Waals surface area contributed by atoms with Crippen LogP contribution in [0.25, 0.3) is 0 Å². The van der Waals surface area contributed by atoms with Gasteiger partial charge in [0.05, 0.1) is 18.2 Å². The van der Waals surface area contributed by atoms with Gasteiger partial charge in [-0.15, -0.1) is 0 Å². The Morgan fingerprint density at radius 3 is 2.27 bits per heavy atom. The van der Waals surface area contributed by atoms with Crippen molar-refractivity contribution < 1.29 is 20.1 Å². The maximum absolute atomic E-state index is 9.21. The van der Waals surface area contributed by atoms with Crippen molar-refractivity contribution in [3.05, 3.63) is 0 Å². The van der Waals surface area contributed by atoms with Crippen molar-refractivity contribution in [3.63, 3.8) is 0 Å². The molecule has 5 nitrogen and oxygen atoms in total. The van der Waals surface area contributed by atoms with Crippen molar-refractivity contribution in [2.24, 2.45) is 5.73 Å². The smallest absolute Gasteiger partial charge is 0.182 e. The molecule has 0 aromatic carbocycles. The summed E-state index contributed by atoms with van der Waals surface area (Å²) in [4.78, 5) is 0. The average molecular weight is 163 g/mol. The molecule has 1 saturated heterocycles. The summed E-state index contributed by atoms with van der Waals surface area (Å²) in [6.45, 7) is 1.58. The van der Waals surface area contributed by atoms with E-state index in [1.807, 2.05) is 0 Å². The van der Waals surface area contributed by atoms with Crippen LogP contribution >= 0.6 is 0 Å². The fraction of sp³-hybridized carbons (Fsp3) is 1.00. The van der Waals surface area contributed by atoms with Gasteiger partial charge in [0, 0.05) is 0 Å². The first kappa shape index (κ1) is 8.89. The summed E-state index contributed by atoms with van der Waals surface area (Å²) in [6, 6.07) is -0.839. The van der Waals surface area contributed by atoms with Crippen LogP contribution in [0.2, 0.25) is 0 Å². The van der Waals surface area contributed by atoms with Gasteiger partial charge in [-0.3, -0.25) is 0 Å². The van der Waals surface area contributed by atoms with Crippen LogP contribution in [0.1, 0.15) is 6.92 Å². The van der Waals surface area contributed by atoms with E-state index in [0.29, 0.717) is 0 Å². The van der Waals surface area contributed by atoms with Crippen molar-refractivity contribution >= 4 is 0 Å². The Morgan fingerprint density at radius 2 is 1.73 bits per heavy atom. The predicted octanol–water partition coefficient (Wildman–Crippen LogP) is -2.23. The molecule has 0 aromatic rings. The zero-order valence-corrected chi connectivity index (χ0v) is 6.21. The number of rotatable bonds is 0. The molecule has 1 aliphatic heterocycles. The summed E-state index contributed by atoms with van der Waals surface area (Å²) in [5.74, 6) is 0. The molecule has 0 unspecified atom stereocenters. The predicted molar refractivity (Wildman–Crippen MR) is 36.5 cm³/mol. The summed E-state index contributed by atoms with van der Waals surface area (Å²) in [5, 5.41) is 27.3. The second kappa shape index (κ2) is 3.04. The molecule has 1 aliphatic rings. The lowest BCUT2D eigenvalue weighted by Gasteiger charge is -2.37. The van der Waals surface area contributed by atoms with Crippen LogP contribution in [0.4, 0.5) is 0 Å². The Morgan fingerprint density at radius 1 is 1.18 bits per heavy atom. The first-order chi connectivity index (χ1) is 5.04. The van der Waals surface area contributed by atoms with E-state index < -0.39 is 30.6 Å². The highest BCUT2D eigenvalue weighted by atomic mass is 16.6. The monoisotopic (exact) mass is 163 g/mol. The van der Waals surface area contributed by atoms with Gasteiger partial charge in [-0.2, -0.15) is 0 Å². The first-order valence-corrected chi connectivity index (χ1v) is 3.49. The third-order valence-electron chi connectivity index (χ3n) is 1.92. The Kier molecular flexibility index (Phi) is 2.46. The highest BCUT2D eigenvalue weighted by Crippen LogP contribution is 2.17. The van der Waals surface area contributed by atoms with E-state index in [9.17, 15) is 5.11 Å². The summed E-state index contributed by atoms with van der Waals surface area (Å²) < 4.78 is 4.76. The maximum atomic E-state index is 9.21.